The summed E-state index contributed by atoms with van der Waals surface area (Å²) in [5, 5.41) is 0. The molecular formula is C13H19NO4S. The highest BCUT2D eigenvalue weighted by Crippen LogP contribution is 2.15. The van der Waals surface area contributed by atoms with Crippen LogP contribution >= 0.6 is 0 Å². The van der Waals surface area contributed by atoms with E-state index in [4.69, 9.17) is 4.74 Å². The van der Waals surface area contributed by atoms with Crippen LogP contribution in [0.5, 0.6) is 0 Å². The quantitative estimate of drug-likeness (QED) is 0.806. The number of methoxy groups -OCH3 is 1. The molecule has 106 valence electrons. The number of benzene rings is 1. The molecule has 1 N–H and O–H groups in total. The van der Waals surface area contributed by atoms with Crippen LogP contribution in [0.25, 0.3) is 0 Å². The predicted octanol–water partition coefficient (Wildman–Crippen LogP) is 1.59. The van der Waals surface area contributed by atoms with E-state index in [2.05, 4.69) is 4.72 Å². The van der Waals surface area contributed by atoms with Crippen LogP contribution in [0, 0.1) is 0 Å². The van der Waals surface area contributed by atoms with Crippen LogP contribution in [0.2, 0.25) is 0 Å². The van der Waals surface area contributed by atoms with Crippen LogP contribution in [-0.2, 0) is 14.8 Å². The zero-order valence-electron chi connectivity index (χ0n) is 11.6. The van der Waals surface area contributed by atoms with Crippen molar-refractivity contribution in [1.82, 2.24) is 4.72 Å². The molecule has 0 aliphatic heterocycles. The van der Waals surface area contributed by atoms with Gasteiger partial charge in [-0.05, 0) is 32.9 Å². The third kappa shape index (κ3) is 4.41. The van der Waals surface area contributed by atoms with Gasteiger partial charge in [-0.1, -0.05) is 12.1 Å². The van der Waals surface area contributed by atoms with E-state index in [0.29, 0.717) is 5.56 Å². The number of hydrogen-bond donors (Lipinski definition) is 1. The van der Waals surface area contributed by atoms with Gasteiger partial charge in [0.25, 0.3) is 0 Å². The molecule has 0 radical (unpaired) electrons. The van der Waals surface area contributed by atoms with Crippen LogP contribution < -0.4 is 4.72 Å². The van der Waals surface area contributed by atoms with Gasteiger partial charge in [0.1, 0.15) is 0 Å². The SMILES string of the molecule is COCC(C)(C)NS(=O)(=O)c1cccc(C(C)=O)c1. The van der Waals surface area contributed by atoms with Crippen molar-refractivity contribution in [2.75, 3.05) is 13.7 Å². The Morgan fingerprint density at radius 2 is 2.00 bits per heavy atom. The Kier molecular flexibility index (Phi) is 4.84. The van der Waals surface area contributed by atoms with Crippen LogP contribution in [-0.4, -0.2) is 33.5 Å². The summed E-state index contributed by atoms with van der Waals surface area (Å²) in [7, 11) is -2.17. The van der Waals surface area contributed by atoms with E-state index < -0.39 is 15.6 Å². The van der Waals surface area contributed by atoms with Crippen molar-refractivity contribution >= 4 is 15.8 Å². The molecule has 0 bridgehead atoms. The lowest BCUT2D eigenvalue weighted by molar-refractivity contribution is 0.101. The standard InChI is InChI=1S/C13H19NO4S/c1-10(15)11-6-5-7-12(8-11)19(16,17)14-13(2,3)9-18-4/h5-8,14H,9H2,1-4H3. The van der Waals surface area contributed by atoms with Crippen molar-refractivity contribution in [2.24, 2.45) is 0 Å². The van der Waals surface area contributed by atoms with E-state index >= 15 is 0 Å². The Balaban J connectivity index is 3.07. The number of carbonyl (C=O) groups is 1. The van der Waals surface area contributed by atoms with Crippen LogP contribution in [0.4, 0.5) is 0 Å². The Morgan fingerprint density at radius 1 is 1.37 bits per heavy atom. The number of hydrogen-bond acceptors (Lipinski definition) is 4. The summed E-state index contributed by atoms with van der Waals surface area (Å²) in [5.41, 5.74) is -0.354. The van der Waals surface area contributed by atoms with Gasteiger partial charge in [0.2, 0.25) is 10.0 Å². The fourth-order valence-corrected chi connectivity index (χ4v) is 3.14. The minimum Gasteiger partial charge on any atom is -0.383 e. The molecule has 0 saturated carbocycles. The first-order valence-electron chi connectivity index (χ1n) is 5.82. The third-order valence-electron chi connectivity index (χ3n) is 2.47. The first kappa shape index (κ1) is 15.8. The Bertz CT molecular complexity index is 564. The molecular weight excluding hydrogens is 266 g/mol. The molecule has 1 aromatic carbocycles. The molecule has 0 fully saturated rings. The van der Waals surface area contributed by atoms with Crippen molar-refractivity contribution in [3.05, 3.63) is 29.8 Å². The monoisotopic (exact) mass is 285 g/mol. The highest BCUT2D eigenvalue weighted by Gasteiger charge is 2.26. The average molecular weight is 285 g/mol. The van der Waals surface area contributed by atoms with Gasteiger partial charge >= 0.3 is 0 Å². The van der Waals surface area contributed by atoms with Gasteiger partial charge in [0, 0.05) is 12.7 Å². The molecule has 0 aliphatic carbocycles. The van der Waals surface area contributed by atoms with Gasteiger partial charge in [0.15, 0.2) is 5.78 Å². The van der Waals surface area contributed by atoms with Crippen molar-refractivity contribution in [1.29, 1.82) is 0 Å². The van der Waals surface area contributed by atoms with Crippen LogP contribution in [0.1, 0.15) is 31.1 Å². The molecule has 5 nitrogen and oxygen atoms in total. The van der Waals surface area contributed by atoms with E-state index in [1.54, 1.807) is 26.0 Å². The summed E-state index contributed by atoms with van der Waals surface area (Å²) >= 11 is 0. The summed E-state index contributed by atoms with van der Waals surface area (Å²) in [6.45, 7) is 5.10. The molecule has 19 heavy (non-hydrogen) atoms. The Morgan fingerprint density at radius 3 is 2.53 bits per heavy atom. The Hall–Kier alpha value is -1.24. The van der Waals surface area contributed by atoms with Crippen molar-refractivity contribution in [3.63, 3.8) is 0 Å². The average Bonchev–Trinajstić information content (AvgIpc) is 2.27. The zero-order chi connectivity index (χ0) is 14.7. The van der Waals surface area contributed by atoms with Crippen LogP contribution in [0.3, 0.4) is 0 Å². The minimum absolute atomic E-state index is 0.0735. The maximum absolute atomic E-state index is 12.2. The van der Waals surface area contributed by atoms with Gasteiger partial charge < -0.3 is 4.74 Å². The summed E-state index contributed by atoms with van der Waals surface area (Å²) in [5.74, 6) is -0.173. The second-order valence-electron chi connectivity index (χ2n) is 5.01. The lowest BCUT2D eigenvalue weighted by Crippen LogP contribution is -2.46. The van der Waals surface area contributed by atoms with E-state index in [9.17, 15) is 13.2 Å². The summed E-state index contributed by atoms with van der Waals surface area (Å²) in [6, 6.07) is 5.96. The second-order valence-corrected chi connectivity index (χ2v) is 6.69. The largest absolute Gasteiger partial charge is 0.383 e. The van der Waals surface area contributed by atoms with Crippen LogP contribution in [0.15, 0.2) is 29.2 Å². The number of nitrogens with one attached hydrogen (secondary N) is 1. The third-order valence-corrected chi connectivity index (χ3v) is 4.16. The zero-order valence-corrected chi connectivity index (χ0v) is 12.4. The van der Waals surface area contributed by atoms with Gasteiger partial charge in [-0.3, -0.25) is 4.79 Å². The first-order chi connectivity index (χ1) is 8.68. The van der Waals surface area contributed by atoms with Crippen molar-refractivity contribution in [3.8, 4) is 0 Å². The predicted molar refractivity (Wildman–Crippen MR) is 72.7 cm³/mol. The number of sulfonamides is 1. The van der Waals surface area contributed by atoms with Gasteiger partial charge in [-0.25, -0.2) is 13.1 Å². The molecule has 0 amide bonds. The molecule has 0 spiro atoms. The van der Waals surface area contributed by atoms with Crippen molar-refractivity contribution in [2.45, 2.75) is 31.2 Å². The van der Waals surface area contributed by atoms with Gasteiger partial charge in [0.05, 0.1) is 17.0 Å². The molecule has 0 heterocycles. The molecule has 0 atom stereocenters. The number of ether oxygens (including phenoxy) is 1. The second kappa shape index (κ2) is 5.81. The van der Waals surface area contributed by atoms with E-state index in [-0.39, 0.29) is 17.3 Å². The number of rotatable bonds is 6. The number of carbonyl (C=O) groups excluding carboxylic acids is 1. The normalized spacial score (nSPS) is 12.4. The smallest absolute Gasteiger partial charge is 0.241 e. The molecule has 0 aromatic heterocycles. The van der Waals surface area contributed by atoms with Crippen molar-refractivity contribution < 1.29 is 17.9 Å². The lowest BCUT2D eigenvalue weighted by atomic mass is 10.1. The molecule has 0 unspecified atom stereocenters. The lowest BCUT2D eigenvalue weighted by Gasteiger charge is -2.24. The van der Waals surface area contributed by atoms with E-state index in [1.807, 2.05) is 0 Å². The first-order valence-corrected chi connectivity index (χ1v) is 7.30. The molecule has 6 heteroatoms. The Labute approximate surface area is 114 Å². The van der Waals surface area contributed by atoms with E-state index in [1.165, 1.54) is 26.2 Å². The molecule has 0 saturated heterocycles. The van der Waals surface area contributed by atoms with Gasteiger partial charge in [-0.15, -0.1) is 0 Å². The highest BCUT2D eigenvalue weighted by atomic mass is 32.2. The molecule has 1 rings (SSSR count). The minimum atomic E-state index is -3.68. The summed E-state index contributed by atoms with van der Waals surface area (Å²) in [6.07, 6.45) is 0. The highest BCUT2D eigenvalue weighted by molar-refractivity contribution is 7.89. The fraction of sp³-hybridized carbons (Fsp3) is 0.462. The topological polar surface area (TPSA) is 72.5 Å². The van der Waals surface area contributed by atoms with Gasteiger partial charge in [-0.2, -0.15) is 0 Å². The number of Topliss-reactive ketones (excluding diaryl/α,β-unsaturated/α-hetero) is 1. The maximum Gasteiger partial charge on any atom is 0.241 e. The molecule has 1 aromatic rings. The summed E-state index contributed by atoms with van der Waals surface area (Å²) < 4.78 is 32.0. The van der Waals surface area contributed by atoms with E-state index in [0.717, 1.165) is 0 Å². The summed E-state index contributed by atoms with van der Waals surface area (Å²) in [4.78, 5) is 11.4. The molecule has 0 aliphatic rings. The fourth-order valence-electron chi connectivity index (χ4n) is 1.70. The maximum atomic E-state index is 12.2. The number of ketones is 1.